The number of carbonyl (C=O) groups excluding carboxylic acids is 1. The number of hydrogen-bond donors (Lipinski definition) is 1. The molecule has 2 aromatic carbocycles. The number of benzene rings is 2. The zero-order chi connectivity index (χ0) is 19.3. The zero-order valence-electron chi connectivity index (χ0n) is 14.2. The monoisotopic (exact) mass is 402 g/mol. The van der Waals surface area contributed by atoms with Crippen molar-refractivity contribution < 1.29 is 18.3 Å². The molecule has 1 atom stereocenters. The Labute approximate surface area is 160 Å². The van der Waals surface area contributed by atoms with E-state index in [1.54, 1.807) is 44.3 Å². The Balaban J connectivity index is 1.95. The van der Waals surface area contributed by atoms with E-state index in [4.69, 9.17) is 23.2 Å². The molecule has 140 valence electrons. The maximum absolute atomic E-state index is 12.4. The number of anilines is 1. The molecule has 2 aromatic rings. The zero-order valence-corrected chi connectivity index (χ0v) is 15.7. The molecule has 0 bridgehead atoms. The summed E-state index contributed by atoms with van der Waals surface area (Å²) in [6, 6.07) is 10.7. The van der Waals surface area contributed by atoms with Crippen LogP contribution in [0.3, 0.4) is 0 Å². The molecule has 0 aliphatic heterocycles. The average Bonchev–Trinajstić information content (AvgIpc) is 2.57. The predicted octanol–water partition coefficient (Wildman–Crippen LogP) is 5.05. The molecule has 0 unspecified atom stereocenters. The molecule has 0 saturated heterocycles. The van der Waals surface area contributed by atoms with Crippen molar-refractivity contribution >= 4 is 34.8 Å². The molecule has 2 rings (SSSR count). The Kier molecular flexibility index (Phi) is 7.20. The molecule has 26 heavy (non-hydrogen) atoms. The fourth-order valence-corrected chi connectivity index (χ4v) is 2.69. The van der Waals surface area contributed by atoms with Gasteiger partial charge in [0.1, 0.15) is 5.75 Å². The van der Waals surface area contributed by atoms with Crippen LogP contribution < -0.4 is 10.1 Å². The second kappa shape index (κ2) is 9.16. The topological polar surface area (TPSA) is 41.6 Å². The molecule has 0 heterocycles. The molecule has 0 fully saturated rings. The SMILES string of the molecule is C[C@@H](C(=O)Nc1ccc(Cl)cc1Cl)N(C)Cc1ccc(OC(F)F)cc1. The van der Waals surface area contributed by atoms with Gasteiger partial charge in [-0.25, -0.2) is 0 Å². The van der Waals surface area contributed by atoms with Crippen LogP contribution in [0.2, 0.25) is 10.0 Å². The molecule has 8 heteroatoms. The minimum Gasteiger partial charge on any atom is -0.435 e. The van der Waals surface area contributed by atoms with E-state index in [9.17, 15) is 13.6 Å². The molecule has 0 radical (unpaired) electrons. The van der Waals surface area contributed by atoms with Crippen LogP contribution >= 0.6 is 23.2 Å². The number of rotatable bonds is 7. The van der Waals surface area contributed by atoms with Crippen molar-refractivity contribution in [1.82, 2.24) is 4.90 Å². The molecular formula is C18H18Cl2F2N2O2. The molecule has 1 N–H and O–H groups in total. The van der Waals surface area contributed by atoms with Gasteiger partial charge in [-0.3, -0.25) is 9.69 Å². The average molecular weight is 403 g/mol. The van der Waals surface area contributed by atoms with Crippen LogP contribution in [0, 0.1) is 0 Å². The molecule has 4 nitrogen and oxygen atoms in total. The number of hydrogen-bond acceptors (Lipinski definition) is 3. The highest BCUT2D eigenvalue weighted by molar-refractivity contribution is 6.36. The van der Waals surface area contributed by atoms with Crippen LogP contribution in [-0.4, -0.2) is 30.5 Å². The highest BCUT2D eigenvalue weighted by Gasteiger charge is 2.19. The van der Waals surface area contributed by atoms with Gasteiger partial charge in [0, 0.05) is 11.6 Å². The van der Waals surface area contributed by atoms with Crippen molar-refractivity contribution in [3.8, 4) is 5.75 Å². The van der Waals surface area contributed by atoms with Crippen LogP contribution in [0.25, 0.3) is 0 Å². The number of carbonyl (C=O) groups is 1. The quantitative estimate of drug-likeness (QED) is 0.703. The van der Waals surface area contributed by atoms with E-state index >= 15 is 0 Å². The molecule has 1 amide bonds. The van der Waals surface area contributed by atoms with E-state index in [0.29, 0.717) is 22.3 Å². The normalized spacial score (nSPS) is 12.3. The van der Waals surface area contributed by atoms with E-state index < -0.39 is 12.7 Å². The lowest BCUT2D eigenvalue weighted by molar-refractivity contribution is -0.120. The van der Waals surface area contributed by atoms with Crippen LogP contribution in [0.1, 0.15) is 12.5 Å². The lowest BCUT2D eigenvalue weighted by Gasteiger charge is -2.24. The minimum atomic E-state index is -2.85. The summed E-state index contributed by atoms with van der Waals surface area (Å²) in [7, 11) is 1.79. The summed E-state index contributed by atoms with van der Waals surface area (Å²) in [5.74, 6) is -0.135. The molecular weight excluding hydrogens is 385 g/mol. The summed E-state index contributed by atoms with van der Waals surface area (Å²) in [4.78, 5) is 14.2. The van der Waals surface area contributed by atoms with Crippen molar-refractivity contribution in [2.75, 3.05) is 12.4 Å². The summed E-state index contributed by atoms with van der Waals surface area (Å²) < 4.78 is 28.6. The smallest absolute Gasteiger partial charge is 0.387 e. The van der Waals surface area contributed by atoms with E-state index in [1.807, 2.05) is 4.90 Å². The third kappa shape index (κ3) is 5.83. The summed E-state index contributed by atoms with van der Waals surface area (Å²) in [6.07, 6.45) is 0. The van der Waals surface area contributed by atoms with Crippen LogP contribution in [0.15, 0.2) is 42.5 Å². The lowest BCUT2D eigenvalue weighted by atomic mass is 10.1. The van der Waals surface area contributed by atoms with Gasteiger partial charge < -0.3 is 10.1 Å². The van der Waals surface area contributed by atoms with Gasteiger partial charge in [0.2, 0.25) is 5.91 Å². The number of nitrogens with zero attached hydrogens (tertiary/aromatic N) is 1. The Morgan fingerprint density at radius 1 is 1.19 bits per heavy atom. The Bertz CT molecular complexity index is 757. The van der Waals surface area contributed by atoms with Gasteiger partial charge in [0.15, 0.2) is 0 Å². The van der Waals surface area contributed by atoms with Gasteiger partial charge in [-0.05, 0) is 49.9 Å². The predicted molar refractivity (Wildman–Crippen MR) is 99.1 cm³/mol. The largest absolute Gasteiger partial charge is 0.435 e. The first-order valence-corrected chi connectivity index (χ1v) is 8.51. The fraction of sp³-hybridized carbons (Fsp3) is 0.278. The van der Waals surface area contributed by atoms with Crippen molar-refractivity contribution in [3.05, 3.63) is 58.1 Å². The maximum atomic E-state index is 12.4. The third-order valence-corrected chi connectivity index (χ3v) is 4.36. The standard InChI is InChI=1S/C18H18Cl2F2N2O2/c1-11(17(25)23-16-8-5-13(19)9-15(16)20)24(2)10-12-3-6-14(7-4-12)26-18(21)22/h3-9,11,18H,10H2,1-2H3,(H,23,25)/t11-/m0/s1. The van der Waals surface area contributed by atoms with E-state index in [1.165, 1.54) is 12.1 Å². The maximum Gasteiger partial charge on any atom is 0.387 e. The van der Waals surface area contributed by atoms with Gasteiger partial charge in [-0.2, -0.15) is 8.78 Å². The van der Waals surface area contributed by atoms with Crippen molar-refractivity contribution in [3.63, 3.8) is 0 Å². The number of ether oxygens (including phenoxy) is 1. The Morgan fingerprint density at radius 2 is 1.85 bits per heavy atom. The first kappa shape index (κ1) is 20.4. The van der Waals surface area contributed by atoms with Gasteiger partial charge in [-0.15, -0.1) is 0 Å². The first-order valence-electron chi connectivity index (χ1n) is 7.76. The summed E-state index contributed by atoms with van der Waals surface area (Å²) in [5, 5.41) is 3.60. The lowest BCUT2D eigenvalue weighted by Crippen LogP contribution is -2.39. The van der Waals surface area contributed by atoms with Gasteiger partial charge in [0.25, 0.3) is 0 Å². The van der Waals surface area contributed by atoms with Crippen molar-refractivity contribution in [2.45, 2.75) is 26.1 Å². The van der Waals surface area contributed by atoms with E-state index in [2.05, 4.69) is 10.1 Å². The second-order valence-electron chi connectivity index (χ2n) is 5.73. The third-order valence-electron chi connectivity index (χ3n) is 3.81. The number of nitrogens with one attached hydrogen (secondary N) is 1. The first-order chi connectivity index (χ1) is 12.3. The Morgan fingerprint density at radius 3 is 2.42 bits per heavy atom. The van der Waals surface area contributed by atoms with Gasteiger partial charge in [-0.1, -0.05) is 35.3 Å². The van der Waals surface area contributed by atoms with Crippen LogP contribution in [-0.2, 0) is 11.3 Å². The summed E-state index contributed by atoms with van der Waals surface area (Å²) in [6.45, 7) is -0.641. The number of alkyl halides is 2. The highest BCUT2D eigenvalue weighted by atomic mass is 35.5. The number of likely N-dealkylation sites (N-methyl/N-ethyl adjacent to an activating group) is 1. The number of halogens is 4. The Hall–Kier alpha value is -1.89. The summed E-state index contributed by atoms with van der Waals surface area (Å²) in [5.41, 5.74) is 1.34. The molecule has 0 aromatic heterocycles. The van der Waals surface area contributed by atoms with Crippen LogP contribution in [0.4, 0.5) is 14.5 Å². The number of amides is 1. The van der Waals surface area contributed by atoms with Crippen molar-refractivity contribution in [1.29, 1.82) is 0 Å². The van der Waals surface area contributed by atoms with E-state index in [0.717, 1.165) is 5.56 Å². The molecule has 0 aliphatic rings. The minimum absolute atomic E-state index is 0.0922. The summed E-state index contributed by atoms with van der Waals surface area (Å²) >= 11 is 11.9. The molecule has 0 spiro atoms. The fourth-order valence-electron chi connectivity index (χ4n) is 2.23. The molecule has 0 saturated carbocycles. The second-order valence-corrected chi connectivity index (χ2v) is 6.57. The van der Waals surface area contributed by atoms with E-state index in [-0.39, 0.29) is 11.7 Å². The van der Waals surface area contributed by atoms with Crippen LogP contribution in [0.5, 0.6) is 5.75 Å². The van der Waals surface area contributed by atoms with Gasteiger partial charge in [0.05, 0.1) is 16.8 Å². The van der Waals surface area contributed by atoms with Gasteiger partial charge >= 0.3 is 6.61 Å². The molecule has 0 aliphatic carbocycles. The highest BCUT2D eigenvalue weighted by Crippen LogP contribution is 2.25. The van der Waals surface area contributed by atoms with Crippen molar-refractivity contribution in [2.24, 2.45) is 0 Å².